The highest BCUT2D eigenvalue weighted by Crippen LogP contribution is 2.29. The fourth-order valence-electron chi connectivity index (χ4n) is 2.55. The minimum atomic E-state index is -4.37. The van der Waals surface area contributed by atoms with Gasteiger partial charge in [0.25, 0.3) is 0 Å². The molecule has 1 atom stereocenters. The zero-order valence-corrected chi connectivity index (χ0v) is 14.8. The van der Waals surface area contributed by atoms with E-state index in [0.29, 0.717) is 44.5 Å². The van der Waals surface area contributed by atoms with Crippen LogP contribution in [0.1, 0.15) is 26.3 Å². The van der Waals surface area contributed by atoms with Gasteiger partial charge in [-0.05, 0) is 25.0 Å². The van der Waals surface area contributed by atoms with E-state index in [1.165, 1.54) is 6.07 Å². The molecule has 1 fully saturated rings. The van der Waals surface area contributed by atoms with E-state index in [1.54, 1.807) is 0 Å². The van der Waals surface area contributed by atoms with Crippen molar-refractivity contribution in [3.63, 3.8) is 0 Å². The molecule has 0 aromatic carbocycles. The van der Waals surface area contributed by atoms with Crippen molar-refractivity contribution in [2.45, 2.75) is 33.0 Å². The topological polar surface area (TPSA) is 48.5 Å². The molecular weight excluding hydrogens is 333 g/mol. The predicted molar refractivity (Wildman–Crippen MR) is 90.3 cm³/mol. The van der Waals surface area contributed by atoms with Crippen molar-refractivity contribution in [1.29, 1.82) is 0 Å². The number of nitrogens with one attached hydrogen (secondary N) is 1. The normalized spacial score (nSPS) is 17.6. The number of pyridine rings is 1. The molecule has 0 saturated carbocycles. The van der Waals surface area contributed by atoms with Crippen LogP contribution in [0.4, 0.5) is 19.0 Å². The number of carbonyl (C=O) groups excluding carboxylic acids is 1. The minimum absolute atomic E-state index is 0.00213. The first-order chi connectivity index (χ1) is 11.7. The molecule has 0 radical (unpaired) electrons. The molecule has 0 bridgehead atoms. The molecule has 25 heavy (non-hydrogen) atoms. The van der Waals surface area contributed by atoms with Crippen molar-refractivity contribution >= 4 is 11.7 Å². The van der Waals surface area contributed by atoms with Crippen LogP contribution in [-0.4, -0.2) is 54.6 Å². The van der Waals surface area contributed by atoms with Gasteiger partial charge in [-0.2, -0.15) is 13.2 Å². The van der Waals surface area contributed by atoms with Crippen molar-refractivity contribution in [3.8, 4) is 0 Å². The highest BCUT2D eigenvalue weighted by atomic mass is 19.4. The van der Waals surface area contributed by atoms with Crippen molar-refractivity contribution < 1.29 is 18.0 Å². The Morgan fingerprint density at radius 1 is 1.20 bits per heavy atom. The second kappa shape index (κ2) is 8.03. The maximum absolute atomic E-state index is 12.6. The summed E-state index contributed by atoms with van der Waals surface area (Å²) in [6.07, 6.45) is -3.51. The Balaban J connectivity index is 1.82. The summed E-state index contributed by atoms with van der Waals surface area (Å²) in [7, 11) is 0. The van der Waals surface area contributed by atoms with E-state index in [1.807, 2.05) is 16.7 Å². The van der Waals surface area contributed by atoms with Crippen LogP contribution in [0.15, 0.2) is 18.3 Å². The number of amides is 1. The third kappa shape index (κ3) is 5.59. The van der Waals surface area contributed by atoms with Crippen LogP contribution >= 0.6 is 0 Å². The molecule has 8 heteroatoms. The van der Waals surface area contributed by atoms with E-state index >= 15 is 0 Å². The average Bonchev–Trinajstić information content (AvgIpc) is 2.54. The summed E-state index contributed by atoms with van der Waals surface area (Å²) in [5, 5.41) is 2.98. The van der Waals surface area contributed by atoms with Crippen LogP contribution < -0.4 is 10.2 Å². The van der Waals surface area contributed by atoms with Gasteiger partial charge >= 0.3 is 6.18 Å². The molecule has 1 aliphatic rings. The van der Waals surface area contributed by atoms with Crippen molar-refractivity contribution in [1.82, 2.24) is 15.2 Å². The highest BCUT2D eigenvalue weighted by Gasteiger charge is 2.31. The lowest BCUT2D eigenvalue weighted by molar-refractivity contribution is -0.137. The van der Waals surface area contributed by atoms with Gasteiger partial charge in [0.05, 0.1) is 12.1 Å². The maximum atomic E-state index is 12.6. The van der Waals surface area contributed by atoms with E-state index in [2.05, 4.69) is 24.1 Å². The number of hydrogen-bond acceptors (Lipinski definition) is 4. The van der Waals surface area contributed by atoms with Crippen LogP contribution in [0.25, 0.3) is 0 Å². The summed E-state index contributed by atoms with van der Waals surface area (Å²) in [6, 6.07) is 2.58. The number of piperazine rings is 1. The SMILES string of the molecule is CC(C)C(C)NC(=O)CN1CCN(c2ccc(C(F)(F)F)cn2)CC1. The number of nitrogens with zero attached hydrogens (tertiary/aromatic N) is 3. The second-order valence-corrected chi connectivity index (χ2v) is 6.77. The lowest BCUT2D eigenvalue weighted by Crippen LogP contribution is -2.51. The Bertz CT molecular complexity index is 566. The second-order valence-electron chi connectivity index (χ2n) is 6.77. The summed E-state index contributed by atoms with van der Waals surface area (Å²) < 4.78 is 37.7. The van der Waals surface area contributed by atoms with Gasteiger partial charge in [-0.1, -0.05) is 13.8 Å². The molecule has 2 heterocycles. The Labute approximate surface area is 146 Å². The molecule has 140 valence electrons. The van der Waals surface area contributed by atoms with Crippen molar-refractivity contribution in [2.75, 3.05) is 37.6 Å². The van der Waals surface area contributed by atoms with Gasteiger partial charge in [-0.25, -0.2) is 4.98 Å². The number of halogens is 3. The lowest BCUT2D eigenvalue weighted by atomic mass is 10.1. The fraction of sp³-hybridized carbons (Fsp3) is 0.647. The van der Waals surface area contributed by atoms with Crippen molar-refractivity contribution in [3.05, 3.63) is 23.9 Å². The number of anilines is 1. The third-order valence-electron chi connectivity index (χ3n) is 4.53. The lowest BCUT2D eigenvalue weighted by Gasteiger charge is -2.35. The molecular formula is C17H25F3N4O. The van der Waals surface area contributed by atoms with Crippen LogP contribution in [-0.2, 0) is 11.0 Å². The van der Waals surface area contributed by atoms with Crippen LogP contribution in [0.5, 0.6) is 0 Å². The van der Waals surface area contributed by atoms with Gasteiger partial charge in [0, 0.05) is 38.4 Å². The maximum Gasteiger partial charge on any atom is 0.417 e. The molecule has 1 saturated heterocycles. The van der Waals surface area contributed by atoms with Gasteiger partial charge in [0.2, 0.25) is 5.91 Å². The number of aromatic nitrogens is 1. The van der Waals surface area contributed by atoms with Crippen LogP contribution in [0, 0.1) is 5.92 Å². The highest BCUT2D eigenvalue weighted by molar-refractivity contribution is 5.78. The molecule has 1 N–H and O–H groups in total. The summed E-state index contributed by atoms with van der Waals surface area (Å²) in [5.74, 6) is 0.916. The molecule has 5 nitrogen and oxygen atoms in total. The fourth-order valence-corrected chi connectivity index (χ4v) is 2.55. The van der Waals surface area contributed by atoms with E-state index in [4.69, 9.17) is 0 Å². The molecule has 1 aliphatic heterocycles. The first kappa shape index (κ1) is 19.5. The smallest absolute Gasteiger partial charge is 0.354 e. The third-order valence-corrected chi connectivity index (χ3v) is 4.53. The predicted octanol–water partition coefficient (Wildman–Crippen LogP) is 2.38. The first-order valence-electron chi connectivity index (χ1n) is 8.46. The zero-order valence-electron chi connectivity index (χ0n) is 14.8. The van der Waals surface area contributed by atoms with Gasteiger partial charge in [-0.15, -0.1) is 0 Å². The Kier molecular flexibility index (Phi) is 6.26. The van der Waals surface area contributed by atoms with Gasteiger partial charge in [0.1, 0.15) is 5.82 Å². The monoisotopic (exact) mass is 358 g/mol. The standard InChI is InChI=1S/C17H25F3N4O/c1-12(2)13(3)22-16(25)11-23-6-8-24(9-7-23)15-5-4-14(10-21-15)17(18,19)20/h4-5,10,12-13H,6-9,11H2,1-3H3,(H,22,25). The van der Waals surface area contributed by atoms with Gasteiger partial charge in [0.15, 0.2) is 0 Å². The van der Waals surface area contributed by atoms with E-state index in [-0.39, 0.29) is 11.9 Å². The Hall–Kier alpha value is -1.83. The van der Waals surface area contributed by atoms with Crippen LogP contribution in [0.3, 0.4) is 0 Å². The summed E-state index contributed by atoms with van der Waals surface area (Å²) in [5.41, 5.74) is -0.745. The van der Waals surface area contributed by atoms with Gasteiger partial charge in [-0.3, -0.25) is 9.69 Å². The molecule has 0 spiro atoms. The average molecular weight is 358 g/mol. The quantitative estimate of drug-likeness (QED) is 0.878. The van der Waals surface area contributed by atoms with E-state index in [0.717, 1.165) is 12.3 Å². The van der Waals surface area contributed by atoms with Crippen LogP contribution in [0.2, 0.25) is 0 Å². The molecule has 1 amide bonds. The molecule has 1 aromatic rings. The molecule has 2 rings (SSSR count). The Morgan fingerprint density at radius 3 is 2.32 bits per heavy atom. The van der Waals surface area contributed by atoms with E-state index in [9.17, 15) is 18.0 Å². The summed E-state index contributed by atoms with van der Waals surface area (Å²) >= 11 is 0. The minimum Gasteiger partial charge on any atom is -0.354 e. The number of hydrogen-bond donors (Lipinski definition) is 1. The van der Waals surface area contributed by atoms with Gasteiger partial charge < -0.3 is 10.2 Å². The van der Waals surface area contributed by atoms with Crippen molar-refractivity contribution in [2.24, 2.45) is 5.92 Å². The summed E-state index contributed by atoms with van der Waals surface area (Å²) in [4.78, 5) is 19.9. The summed E-state index contributed by atoms with van der Waals surface area (Å²) in [6.45, 7) is 9.04. The number of rotatable bonds is 5. The molecule has 0 aliphatic carbocycles. The molecule has 1 unspecified atom stereocenters. The number of alkyl halides is 3. The Morgan fingerprint density at radius 2 is 1.84 bits per heavy atom. The first-order valence-corrected chi connectivity index (χ1v) is 8.46. The number of carbonyl (C=O) groups is 1. The van der Waals surface area contributed by atoms with E-state index < -0.39 is 11.7 Å². The molecule has 1 aromatic heterocycles. The largest absolute Gasteiger partial charge is 0.417 e. The zero-order chi connectivity index (χ0) is 18.6.